The van der Waals surface area contributed by atoms with Crippen LogP contribution in [0.4, 0.5) is 24.8 Å². The highest BCUT2D eigenvalue weighted by molar-refractivity contribution is 7.15. The Kier molecular flexibility index (Phi) is 5.16. The predicted octanol–water partition coefficient (Wildman–Crippen LogP) is 4.35. The Morgan fingerprint density at radius 1 is 1.07 bits per heavy atom. The van der Waals surface area contributed by atoms with Crippen molar-refractivity contribution in [1.29, 1.82) is 0 Å². The third kappa shape index (κ3) is 4.13. The van der Waals surface area contributed by atoms with E-state index >= 15 is 0 Å². The van der Waals surface area contributed by atoms with Crippen LogP contribution in [0.5, 0.6) is 0 Å². The van der Waals surface area contributed by atoms with Gasteiger partial charge in [0, 0.05) is 17.3 Å². The molecule has 0 bridgehead atoms. The molecule has 0 fully saturated rings. The van der Waals surface area contributed by atoms with Crippen molar-refractivity contribution in [1.82, 2.24) is 30.1 Å². The van der Waals surface area contributed by atoms with Gasteiger partial charge in [-0.25, -0.2) is 9.97 Å². The summed E-state index contributed by atoms with van der Waals surface area (Å²) < 4.78 is 42.4. The molecular weight excluding hydrogens is 419 g/mol. The van der Waals surface area contributed by atoms with Crippen molar-refractivity contribution in [3.8, 4) is 10.7 Å². The van der Waals surface area contributed by atoms with Crippen molar-refractivity contribution in [2.24, 2.45) is 0 Å². The van der Waals surface area contributed by atoms with E-state index in [0.29, 0.717) is 28.8 Å². The van der Waals surface area contributed by atoms with E-state index in [1.165, 1.54) is 11.3 Å². The first-order valence-corrected chi connectivity index (χ1v) is 9.46. The van der Waals surface area contributed by atoms with Crippen molar-refractivity contribution in [2.45, 2.75) is 26.6 Å². The smallest absolute Gasteiger partial charge is 0.329 e. The number of hydrogen-bond acceptors (Lipinski definition) is 9. The van der Waals surface area contributed by atoms with Crippen LogP contribution in [0.2, 0.25) is 0 Å². The molecule has 8 nitrogen and oxygen atoms in total. The van der Waals surface area contributed by atoms with Crippen molar-refractivity contribution >= 4 is 23.0 Å². The van der Waals surface area contributed by atoms with Gasteiger partial charge in [-0.05, 0) is 26.0 Å². The Hall–Kier alpha value is -3.41. The minimum Gasteiger partial charge on any atom is -0.329 e. The number of aryl methyl sites for hydroxylation is 2. The fraction of sp³-hybridized carbons (Fsp3) is 0.222. The Morgan fingerprint density at radius 3 is 2.57 bits per heavy atom. The Morgan fingerprint density at radius 2 is 1.90 bits per heavy atom. The molecular formula is C18H14F3N7OS. The Labute approximate surface area is 172 Å². The first-order chi connectivity index (χ1) is 14.3. The molecule has 0 spiro atoms. The number of nitrogens with zero attached hydrogens (tertiary/aromatic N) is 7. The molecule has 0 saturated heterocycles. The molecule has 4 heterocycles. The van der Waals surface area contributed by atoms with E-state index in [9.17, 15) is 13.2 Å². The largest absolute Gasteiger partial charge is 0.471 e. The summed E-state index contributed by atoms with van der Waals surface area (Å²) in [5.74, 6) is -0.322. The van der Waals surface area contributed by atoms with Crippen molar-refractivity contribution in [3.63, 3.8) is 0 Å². The van der Waals surface area contributed by atoms with Crippen LogP contribution < -0.4 is 4.90 Å². The zero-order chi connectivity index (χ0) is 21.3. The highest BCUT2D eigenvalue weighted by Gasteiger charge is 2.38. The number of alkyl halides is 3. The summed E-state index contributed by atoms with van der Waals surface area (Å²) in [5.41, 5.74) is 1.50. The molecule has 30 heavy (non-hydrogen) atoms. The standard InChI is InChI=1S/C18H14F3N7OS/c1-10-7-24-16(11(2)25-10)28(14-8-22-5-6-23-14)9-12-3-4-13(30-12)15-26-17(29-27-15)18(19,20)21/h3-8H,9H2,1-2H3. The average molecular weight is 433 g/mol. The fourth-order valence-electron chi connectivity index (χ4n) is 2.73. The van der Waals surface area contributed by atoms with Gasteiger partial charge in [0.2, 0.25) is 5.82 Å². The second kappa shape index (κ2) is 7.78. The number of halogens is 3. The lowest BCUT2D eigenvalue weighted by Gasteiger charge is -2.23. The number of anilines is 2. The molecule has 4 aromatic heterocycles. The van der Waals surface area contributed by atoms with Crippen LogP contribution in [0.25, 0.3) is 10.7 Å². The second-order valence-corrected chi connectivity index (χ2v) is 7.43. The van der Waals surface area contributed by atoms with E-state index in [-0.39, 0.29) is 5.82 Å². The van der Waals surface area contributed by atoms with E-state index in [0.717, 1.165) is 10.6 Å². The third-order valence-electron chi connectivity index (χ3n) is 3.99. The lowest BCUT2D eigenvalue weighted by atomic mass is 10.3. The maximum atomic E-state index is 12.7. The fourth-order valence-corrected chi connectivity index (χ4v) is 3.65. The highest BCUT2D eigenvalue weighted by atomic mass is 32.1. The zero-order valence-electron chi connectivity index (χ0n) is 15.8. The van der Waals surface area contributed by atoms with Gasteiger partial charge in [-0.15, -0.1) is 11.3 Å². The number of rotatable bonds is 5. The summed E-state index contributed by atoms with van der Waals surface area (Å²) in [6.45, 7) is 4.05. The third-order valence-corrected chi connectivity index (χ3v) is 5.05. The Bertz CT molecular complexity index is 1160. The molecule has 0 aliphatic heterocycles. The highest BCUT2D eigenvalue weighted by Crippen LogP contribution is 2.33. The van der Waals surface area contributed by atoms with Gasteiger partial charge in [0.25, 0.3) is 0 Å². The van der Waals surface area contributed by atoms with E-state index in [4.69, 9.17) is 0 Å². The molecule has 0 amide bonds. The number of aromatic nitrogens is 6. The lowest BCUT2D eigenvalue weighted by Crippen LogP contribution is -2.20. The molecule has 4 rings (SSSR count). The molecule has 4 aromatic rings. The second-order valence-electron chi connectivity index (χ2n) is 6.26. The Balaban J connectivity index is 1.65. The normalized spacial score (nSPS) is 11.6. The summed E-state index contributed by atoms with van der Waals surface area (Å²) in [6.07, 6.45) is 1.70. The van der Waals surface area contributed by atoms with E-state index < -0.39 is 12.1 Å². The molecule has 0 N–H and O–H groups in total. The SMILES string of the molecule is Cc1cnc(N(Cc2ccc(-c3noc(C(F)(F)F)n3)s2)c2cnccn2)c(C)n1. The molecule has 12 heteroatoms. The number of hydrogen-bond donors (Lipinski definition) is 0. The minimum absolute atomic E-state index is 0.115. The molecule has 0 aliphatic rings. The van der Waals surface area contributed by atoms with Gasteiger partial charge in [-0.2, -0.15) is 18.2 Å². The molecule has 0 aliphatic carbocycles. The lowest BCUT2D eigenvalue weighted by molar-refractivity contribution is -0.159. The first kappa shape index (κ1) is 19.9. The van der Waals surface area contributed by atoms with E-state index in [2.05, 4.69) is 34.6 Å². The molecule has 0 aromatic carbocycles. The topological polar surface area (TPSA) is 93.7 Å². The van der Waals surface area contributed by atoms with E-state index in [1.807, 2.05) is 18.7 Å². The monoisotopic (exact) mass is 433 g/mol. The van der Waals surface area contributed by atoms with Crippen LogP contribution in [0.15, 0.2) is 41.4 Å². The summed E-state index contributed by atoms with van der Waals surface area (Å²) >= 11 is 1.25. The molecule has 0 atom stereocenters. The first-order valence-electron chi connectivity index (χ1n) is 8.65. The van der Waals surface area contributed by atoms with Crippen LogP contribution in [0.1, 0.15) is 22.2 Å². The molecule has 0 saturated carbocycles. The maximum absolute atomic E-state index is 12.7. The summed E-state index contributed by atoms with van der Waals surface area (Å²) in [5, 5.41) is 3.43. The van der Waals surface area contributed by atoms with Gasteiger partial charge in [0.05, 0.1) is 35.2 Å². The van der Waals surface area contributed by atoms with Gasteiger partial charge < -0.3 is 9.42 Å². The van der Waals surface area contributed by atoms with Gasteiger partial charge in [0.1, 0.15) is 0 Å². The molecule has 154 valence electrons. The van der Waals surface area contributed by atoms with Crippen molar-refractivity contribution in [3.05, 3.63) is 59.1 Å². The maximum Gasteiger partial charge on any atom is 0.471 e. The molecule has 0 unspecified atom stereocenters. The van der Waals surface area contributed by atoms with Crippen LogP contribution in [0.3, 0.4) is 0 Å². The average Bonchev–Trinajstić information content (AvgIpc) is 3.37. The van der Waals surface area contributed by atoms with Crippen molar-refractivity contribution < 1.29 is 17.7 Å². The zero-order valence-corrected chi connectivity index (χ0v) is 16.6. The number of thiophene rings is 1. The van der Waals surface area contributed by atoms with Gasteiger partial charge >= 0.3 is 12.1 Å². The molecule has 0 radical (unpaired) electrons. The van der Waals surface area contributed by atoms with Crippen LogP contribution in [-0.4, -0.2) is 30.1 Å². The van der Waals surface area contributed by atoms with Gasteiger partial charge in [-0.3, -0.25) is 9.97 Å². The van der Waals surface area contributed by atoms with E-state index in [1.54, 1.807) is 36.9 Å². The van der Waals surface area contributed by atoms with Gasteiger partial charge in [0.15, 0.2) is 11.6 Å². The predicted molar refractivity (Wildman–Crippen MR) is 102 cm³/mol. The minimum atomic E-state index is -4.68. The summed E-state index contributed by atoms with van der Waals surface area (Å²) in [7, 11) is 0. The quantitative estimate of drug-likeness (QED) is 0.459. The van der Waals surface area contributed by atoms with Crippen LogP contribution in [-0.2, 0) is 12.7 Å². The van der Waals surface area contributed by atoms with Crippen LogP contribution >= 0.6 is 11.3 Å². The summed E-state index contributed by atoms with van der Waals surface area (Å²) in [4.78, 5) is 23.9. The van der Waals surface area contributed by atoms with Gasteiger partial charge in [-0.1, -0.05) is 5.16 Å². The van der Waals surface area contributed by atoms with Crippen LogP contribution in [0, 0.1) is 13.8 Å². The summed E-state index contributed by atoms with van der Waals surface area (Å²) in [6, 6.07) is 3.43. The van der Waals surface area contributed by atoms with Crippen molar-refractivity contribution in [2.75, 3.05) is 4.90 Å².